The summed E-state index contributed by atoms with van der Waals surface area (Å²) in [5.41, 5.74) is 1.22. The smallest absolute Gasteiger partial charge is 0.274 e. The molecule has 1 saturated heterocycles. The molecule has 122 valence electrons. The van der Waals surface area contributed by atoms with Gasteiger partial charge in [-0.15, -0.1) is 0 Å². The maximum absolute atomic E-state index is 12.9. The second kappa shape index (κ2) is 6.94. The Balaban J connectivity index is 1.88. The fourth-order valence-electron chi connectivity index (χ4n) is 3.06. The minimum atomic E-state index is -0.0566. The van der Waals surface area contributed by atoms with Gasteiger partial charge in [-0.3, -0.25) is 9.78 Å². The molecule has 0 saturated carbocycles. The molecule has 23 heavy (non-hydrogen) atoms. The van der Waals surface area contributed by atoms with Gasteiger partial charge >= 0.3 is 0 Å². The van der Waals surface area contributed by atoms with Gasteiger partial charge in [0.2, 0.25) is 0 Å². The van der Waals surface area contributed by atoms with Crippen molar-refractivity contribution in [1.82, 2.24) is 14.9 Å². The lowest BCUT2D eigenvalue weighted by atomic mass is 10.1. The number of hydrogen-bond acceptors (Lipinski definition) is 4. The van der Waals surface area contributed by atoms with Gasteiger partial charge in [-0.25, -0.2) is 4.98 Å². The lowest BCUT2D eigenvalue weighted by Crippen LogP contribution is -2.35. The molecule has 1 aliphatic heterocycles. The van der Waals surface area contributed by atoms with Crippen molar-refractivity contribution in [1.29, 1.82) is 0 Å². The van der Waals surface area contributed by atoms with E-state index < -0.39 is 0 Å². The summed E-state index contributed by atoms with van der Waals surface area (Å²) in [7, 11) is 0. The summed E-state index contributed by atoms with van der Waals surface area (Å²) in [5.74, 6) is 1.79. The summed E-state index contributed by atoms with van der Waals surface area (Å²) in [6.45, 7) is 4.67. The summed E-state index contributed by atoms with van der Waals surface area (Å²) < 4.78 is 5.93. The molecular weight excluding hydrogens is 290 g/mol. The van der Waals surface area contributed by atoms with Crippen molar-refractivity contribution in [2.75, 3.05) is 6.54 Å². The molecule has 1 amide bonds. The van der Waals surface area contributed by atoms with E-state index in [0.29, 0.717) is 5.69 Å². The molecule has 0 aliphatic carbocycles. The third-order valence-corrected chi connectivity index (χ3v) is 4.37. The highest BCUT2D eigenvalue weighted by Crippen LogP contribution is 2.32. The zero-order valence-corrected chi connectivity index (χ0v) is 13.8. The number of carbonyl (C=O) groups is 1. The minimum absolute atomic E-state index is 0.00611. The molecule has 1 atom stereocenters. The first-order chi connectivity index (χ1) is 11.2. The number of nitrogens with zero attached hydrogens (tertiary/aromatic N) is 3. The van der Waals surface area contributed by atoms with Crippen molar-refractivity contribution in [2.24, 2.45) is 0 Å². The lowest BCUT2D eigenvalue weighted by molar-refractivity contribution is 0.0650. The molecule has 3 rings (SSSR count). The topological polar surface area (TPSA) is 59.2 Å². The summed E-state index contributed by atoms with van der Waals surface area (Å²) in [6.07, 6.45) is 8.27. The van der Waals surface area contributed by atoms with Gasteiger partial charge in [-0.1, -0.05) is 19.8 Å². The molecule has 2 aromatic rings. The van der Waals surface area contributed by atoms with Crippen LogP contribution in [0, 0.1) is 6.92 Å². The van der Waals surface area contributed by atoms with Crippen LogP contribution in [0.5, 0.6) is 0 Å². The Bertz CT molecular complexity index is 663. The van der Waals surface area contributed by atoms with Crippen molar-refractivity contribution in [3.05, 3.63) is 47.4 Å². The monoisotopic (exact) mass is 313 g/mol. The third kappa shape index (κ3) is 3.44. The van der Waals surface area contributed by atoms with Crippen LogP contribution in [0.3, 0.4) is 0 Å². The molecule has 0 spiro atoms. The van der Waals surface area contributed by atoms with Crippen molar-refractivity contribution in [3.8, 4) is 0 Å². The molecule has 0 bridgehead atoms. The van der Waals surface area contributed by atoms with Crippen molar-refractivity contribution in [2.45, 2.75) is 52.0 Å². The number of aromatic nitrogens is 2. The average molecular weight is 313 g/mol. The number of rotatable bonds is 3. The highest BCUT2D eigenvalue weighted by Gasteiger charge is 2.30. The van der Waals surface area contributed by atoms with Crippen LogP contribution >= 0.6 is 0 Å². The van der Waals surface area contributed by atoms with Crippen molar-refractivity contribution >= 4 is 5.91 Å². The molecule has 0 radical (unpaired) electrons. The van der Waals surface area contributed by atoms with E-state index in [9.17, 15) is 4.79 Å². The first-order valence-electron chi connectivity index (χ1n) is 8.37. The fraction of sp³-hybridized carbons (Fsp3) is 0.500. The Hall–Kier alpha value is -2.17. The van der Waals surface area contributed by atoms with Crippen LogP contribution in [0.1, 0.15) is 66.4 Å². The third-order valence-electron chi connectivity index (χ3n) is 4.37. The zero-order chi connectivity index (χ0) is 16.2. The summed E-state index contributed by atoms with van der Waals surface area (Å²) >= 11 is 0. The van der Waals surface area contributed by atoms with Gasteiger partial charge in [0, 0.05) is 19.2 Å². The SMILES string of the molecule is CCc1ccc([C@@H]2CCCCCN2C(=O)c2cnc(C)cn2)o1. The van der Waals surface area contributed by atoms with E-state index in [2.05, 4.69) is 16.9 Å². The predicted octanol–water partition coefficient (Wildman–Crippen LogP) is 3.70. The number of likely N-dealkylation sites (tertiary alicyclic amines) is 1. The summed E-state index contributed by atoms with van der Waals surface area (Å²) in [5, 5.41) is 0. The van der Waals surface area contributed by atoms with E-state index in [4.69, 9.17) is 4.42 Å². The number of hydrogen-bond donors (Lipinski definition) is 0. The van der Waals surface area contributed by atoms with Crippen molar-refractivity contribution < 1.29 is 9.21 Å². The normalized spacial score (nSPS) is 18.7. The van der Waals surface area contributed by atoms with Crippen LogP contribution in [0.15, 0.2) is 28.9 Å². The van der Waals surface area contributed by atoms with Gasteiger partial charge in [0.25, 0.3) is 5.91 Å². The molecule has 1 aliphatic rings. The molecule has 0 aromatic carbocycles. The molecule has 2 aromatic heterocycles. The Morgan fingerprint density at radius 3 is 2.83 bits per heavy atom. The molecular formula is C18H23N3O2. The minimum Gasteiger partial charge on any atom is -0.464 e. The second-order valence-corrected chi connectivity index (χ2v) is 6.06. The molecule has 0 unspecified atom stereocenters. The van der Waals surface area contributed by atoms with E-state index in [1.165, 1.54) is 0 Å². The Morgan fingerprint density at radius 1 is 1.26 bits per heavy atom. The average Bonchev–Trinajstić information content (AvgIpc) is 2.91. The second-order valence-electron chi connectivity index (χ2n) is 6.06. The lowest BCUT2D eigenvalue weighted by Gasteiger charge is -2.28. The van der Waals surface area contributed by atoms with E-state index in [0.717, 1.165) is 55.9 Å². The number of aryl methyl sites for hydroxylation is 2. The zero-order valence-electron chi connectivity index (χ0n) is 13.8. The molecule has 1 fully saturated rings. The molecule has 5 heteroatoms. The van der Waals surface area contributed by atoms with Crippen LogP contribution in [0.4, 0.5) is 0 Å². The van der Waals surface area contributed by atoms with E-state index in [1.807, 2.05) is 24.0 Å². The van der Waals surface area contributed by atoms with E-state index in [-0.39, 0.29) is 11.9 Å². The van der Waals surface area contributed by atoms with Gasteiger partial charge in [-0.2, -0.15) is 0 Å². The van der Waals surface area contributed by atoms with E-state index >= 15 is 0 Å². The van der Waals surface area contributed by atoms with Crippen LogP contribution in [0.25, 0.3) is 0 Å². The highest BCUT2D eigenvalue weighted by atomic mass is 16.3. The quantitative estimate of drug-likeness (QED) is 0.867. The highest BCUT2D eigenvalue weighted by molar-refractivity contribution is 5.92. The van der Waals surface area contributed by atoms with Crippen LogP contribution in [0.2, 0.25) is 0 Å². The van der Waals surface area contributed by atoms with E-state index in [1.54, 1.807) is 12.4 Å². The number of furan rings is 1. The first kappa shape index (κ1) is 15.7. The first-order valence-corrected chi connectivity index (χ1v) is 8.37. The number of carbonyl (C=O) groups excluding carboxylic acids is 1. The van der Waals surface area contributed by atoms with Gasteiger partial charge in [0.1, 0.15) is 17.2 Å². The largest absolute Gasteiger partial charge is 0.464 e. The molecule has 5 nitrogen and oxygen atoms in total. The Kier molecular flexibility index (Phi) is 4.74. The summed E-state index contributed by atoms with van der Waals surface area (Å²) in [4.78, 5) is 23.3. The fourth-order valence-corrected chi connectivity index (χ4v) is 3.06. The molecule has 0 N–H and O–H groups in total. The van der Waals surface area contributed by atoms with Gasteiger partial charge in [0.05, 0.1) is 17.9 Å². The van der Waals surface area contributed by atoms with Crippen LogP contribution in [-0.4, -0.2) is 27.3 Å². The van der Waals surface area contributed by atoms with Gasteiger partial charge in [0.15, 0.2) is 0 Å². The van der Waals surface area contributed by atoms with Crippen LogP contribution < -0.4 is 0 Å². The van der Waals surface area contributed by atoms with Crippen molar-refractivity contribution in [3.63, 3.8) is 0 Å². The Labute approximate surface area is 136 Å². The van der Waals surface area contributed by atoms with Gasteiger partial charge < -0.3 is 9.32 Å². The maximum Gasteiger partial charge on any atom is 0.274 e. The standard InChI is InChI=1S/C18H23N3O2/c1-3-14-8-9-17(23-14)16-7-5-4-6-10-21(16)18(22)15-12-19-13(2)11-20-15/h8-9,11-12,16H,3-7,10H2,1-2H3/t16-/m0/s1. The summed E-state index contributed by atoms with van der Waals surface area (Å²) in [6, 6.07) is 4.01. The maximum atomic E-state index is 12.9. The predicted molar refractivity (Wildman–Crippen MR) is 87.1 cm³/mol. The number of amides is 1. The molecule has 3 heterocycles. The Morgan fingerprint density at radius 2 is 2.13 bits per heavy atom. The van der Waals surface area contributed by atoms with Crippen LogP contribution in [-0.2, 0) is 6.42 Å². The van der Waals surface area contributed by atoms with Gasteiger partial charge in [-0.05, 0) is 31.9 Å².